The third kappa shape index (κ3) is 3.83. The van der Waals surface area contributed by atoms with E-state index in [4.69, 9.17) is 5.73 Å². The molecule has 0 amide bonds. The van der Waals surface area contributed by atoms with Crippen molar-refractivity contribution in [3.63, 3.8) is 0 Å². The van der Waals surface area contributed by atoms with Crippen LogP contribution in [-0.2, 0) is 14.8 Å². The number of nitrogens with two attached hydrogens (primary N) is 1. The standard InChI is InChI=1S/C10H14F2N2O4S/c1-18-5-6(15)4-14-19(16,17)8-3-2-7(11)10(13)9(8)12/h2-3,6,14-15H,4-5,13H2,1H3. The summed E-state index contributed by atoms with van der Waals surface area (Å²) in [6.07, 6.45) is -1.08. The lowest BCUT2D eigenvalue weighted by Gasteiger charge is -2.12. The smallest absolute Gasteiger partial charge is 0.243 e. The maximum absolute atomic E-state index is 13.6. The average Bonchev–Trinajstić information content (AvgIpc) is 2.34. The minimum absolute atomic E-state index is 0.0867. The highest BCUT2D eigenvalue weighted by molar-refractivity contribution is 7.89. The summed E-state index contributed by atoms with van der Waals surface area (Å²) in [6.45, 7) is -0.455. The summed E-state index contributed by atoms with van der Waals surface area (Å²) in [5, 5.41) is 9.30. The highest BCUT2D eigenvalue weighted by Crippen LogP contribution is 2.22. The van der Waals surface area contributed by atoms with Crippen molar-refractivity contribution in [1.82, 2.24) is 4.72 Å². The van der Waals surface area contributed by atoms with E-state index in [-0.39, 0.29) is 13.2 Å². The second kappa shape index (κ2) is 6.24. The Labute approximate surface area is 109 Å². The quantitative estimate of drug-likeness (QED) is 0.633. The zero-order valence-electron chi connectivity index (χ0n) is 10.1. The van der Waals surface area contributed by atoms with E-state index in [1.54, 1.807) is 0 Å². The second-order valence-electron chi connectivity index (χ2n) is 3.73. The normalized spacial score (nSPS) is 13.5. The van der Waals surface area contributed by atoms with Gasteiger partial charge in [-0.3, -0.25) is 0 Å². The van der Waals surface area contributed by atoms with Crippen molar-refractivity contribution in [2.45, 2.75) is 11.0 Å². The summed E-state index contributed by atoms with van der Waals surface area (Å²) in [7, 11) is -2.90. The van der Waals surface area contributed by atoms with Crippen LogP contribution in [-0.4, -0.2) is 39.9 Å². The molecule has 0 saturated carbocycles. The molecule has 6 nitrogen and oxygen atoms in total. The number of hydrogen-bond donors (Lipinski definition) is 3. The molecule has 0 aliphatic carbocycles. The number of nitrogens with one attached hydrogen (secondary N) is 1. The van der Waals surface area contributed by atoms with Gasteiger partial charge in [0, 0.05) is 13.7 Å². The highest BCUT2D eigenvalue weighted by atomic mass is 32.2. The Hall–Kier alpha value is -1.29. The van der Waals surface area contributed by atoms with Crippen molar-refractivity contribution < 1.29 is 27.0 Å². The van der Waals surface area contributed by atoms with E-state index in [0.29, 0.717) is 0 Å². The molecule has 1 aromatic carbocycles. The molecule has 1 atom stereocenters. The van der Waals surface area contributed by atoms with Gasteiger partial charge in [0.05, 0.1) is 12.7 Å². The molecule has 0 bridgehead atoms. The highest BCUT2D eigenvalue weighted by Gasteiger charge is 2.23. The molecule has 4 N–H and O–H groups in total. The van der Waals surface area contributed by atoms with Gasteiger partial charge >= 0.3 is 0 Å². The lowest BCUT2D eigenvalue weighted by molar-refractivity contribution is 0.0679. The summed E-state index contributed by atoms with van der Waals surface area (Å²) in [6, 6.07) is 1.50. The van der Waals surface area contributed by atoms with Crippen molar-refractivity contribution >= 4 is 15.7 Å². The molecule has 1 unspecified atom stereocenters. The summed E-state index contributed by atoms with van der Waals surface area (Å²) in [5.41, 5.74) is 4.20. The fourth-order valence-electron chi connectivity index (χ4n) is 1.29. The average molecular weight is 296 g/mol. The summed E-state index contributed by atoms with van der Waals surface area (Å²) < 4.78 is 56.5. The van der Waals surface area contributed by atoms with E-state index in [0.717, 1.165) is 12.1 Å². The van der Waals surface area contributed by atoms with Crippen LogP contribution in [0.3, 0.4) is 0 Å². The summed E-state index contributed by atoms with van der Waals surface area (Å²) >= 11 is 0. The Morgan fingerprint density at radius 1 is 1.47 bits per heavy atom. The van der Waals surface area contributed by atoms with Gasteiger partial charge in [0.15, 0.2) is 5.82 Å². The molecule has 0 aliphatic heterocycles. The van der Waals surface area contributed by atoms with Gasteiger partial charge < -0.3 is 15.6 Å². The summed E-state index contributed by atoms with van der Waals surface area (Å²) in [5.74, 6) is -2.41. The number of aliphatic hydroxyl groups excluding tert-OH is 1. The molecular formula is C10H14F2N2O4S. The van der Waals surface area contributed by atoms with Crippen LogP contribution >= 0.6 is 0 Å². The molecule has 9 heteroatoms. The Bertz CT molecular complexity index is 551. The first-order valence-electron chi connectivity index (χ1n) is 5.19. The van der Waals surface area contributed by atoms with Gasteiger partial charge in [-0.1, -0.05) is 0 Å². The third-order valence-corrected chi connectivity index (χ3v) is 3.69. The van der Waals surface area contributed by atoms with Crippen LogP contribution in [0.2, 0.25) is 0 Å². The van der Waals surface area contributed by atoms with Crippen molar-refractivity contribution in [1.29, 1.82) is 0 Å². The fraction of sp³-hybridized carbons (Fsp3) is 0.400. The van der Waals surface area contributed by atoms with Gasteiger partial charge in [-0.05, 0) is 12.1 Å². The zero-order chi connectivity index (χ0) is 14.6. The van der Waals surface area contributed by atoms with Crippen molar-refractivity contribution in [3.05, 3.63) is 23.8 Å². The monoisotopic (exact) mass is 296 g/mol. The first kappa shape index (κ1) is 15.8. The molecule has 1 aromatic rings. The minimum Gasteiger partial charge on any atom is -0.394 e. The molecule has 0 fully saturated rings. The van der Waals surface area contributed by atoms with Crippen LogP contribution in [0.4, 0.5) is 14.5 Å². The zero-order valence-corrected chi connectivity index (χ0v) is 10.9. The number of halogens is 2. The lowest BCUT2D eigenvalue weighted by Crippen LogP contribution is -2.34. The van der Waals surface area contributed by atoms with Gasteiger partial charge in [0.2, 0.25) is 10.0 Å². The summed E-state index contributed by atoms with van der Waals surface area (Å²) in [4.78, 5) is -0.781. The van der Waals surface area contributed by atoms with Crippen molar-refractivity contribution in [2.24, 2.45) is 0 Å². The van der Waals surface area contributed by atoms with Gasteiger partial charge in [-0.2, -0.15) is 0 Å². The van der Waals surface area contributed by atoms with Crippen LogP contribution < -0.4 is 10.5 Å². The second-order valence-corrected chi connectivity index (χ2v) is 5.47. The van der Waals surface area contributed by atoms with Crippen LogP contribution in [0, 0.1) is 11.6 Å². The van der Waals surface area contributed by atoms with Gasteiger partial charge in [0.1, 0.15) is 16.4 Å². The van der Waals surface area contributed by atoms with Crippen molar-refractivity contribution in [3.8, 4) is 0 Å². The first-order chi connectivity index (χ1) is 8.79. The fourth-order valence-corrected chi connectivity index (χ4v) is 2.45. The number of sulfonamides is 1. The van der Waals surface area contributed by atoms with E-state index >= 15 is 0 Å². The molecule has 0 aliphatic rings. The molecule has 19 heavy (non-hydrogen) atoms. The molecule has 1 rings (SSSR count). The third-order valence-electron chi connectivity index (χ3n) is 2.25. The number of benzene rings is 1. The number of methoxy groups -OCH3 is 1. The molecule has 0 saturated heterocycles. The van der Waals surface area contributed by atoms with E-state index in [1.165, 1.54) is 7.11 Å². The predicted octanol–water partition coefficient (Wildman–Crippen LogP) is -0.167. The topological polar surface area (TPSA) is 102 Å². The van der Waals surface area contributed by atoms with Crippen LogP contribution in [0.25, 0.3) is 0 Å². The van der Waals surface area contributed by atoms with Crippen LogP contribution in [0.1, 0.15) is 0 Å². The van der Waals surface area contributed by atoms with Gasteiger partial charge in [0.25, 0.3) is 0 Å². The molecule has 0 aromatic heterocycles. The lowest BCUT2D eigenvalue weighted by atomic mass is 10.3. The number of nitrogen functional groups attached to an aromatic ring is 1. The first-order valence-corrected chi connectivity index (χ1v) is 6.68. The maximum atomic E-state index is 13.6. The number of rotatable bonds is 6. The Morgan fingerprint density at radius 2 is 2.11 bits per heavy atom. The number of aliphatic hydroxyl groups is 1. The van der Waals surface area contributed by atoms with E-state index in [9.17, 15) is 22.3 Å². The number of anilines is 1. The van der Waals surface area contributed by atoms with Crippen molar-refractivity contribution in [2.75, 3.05) is 26.0 Å². The molecular weight excluding hydrogens is 282 g/mol. The van der Waals surface area contributed by atoms with Gasteiger partial charge in [-0.25, -0.2) is 21.9 Å². The molecule has 108 valence electrons. The van der Waals surface area contributed by atoms with Crippen LogP contribution in [0.15, 0.2) is 17.0 Å². The van der Waals surface area contributed by atoms with Gasteiger partial charge in [-0.15, -0.1) is 0 Å². The molecule has 0 radical (unpaired) electrons. The maximum Gasteiger partial charge on any atom is 0.243 e. The van der Waals surface area contributed by atoms with Crippen LogP contribution in [0.5, 0.6) is 0 Å². The number of hydrogen-bond acceptors (Lipinski definition) is 5. The number of ether oxygens (including phenoxy) is 1. The molecule has 0 heterocycles. The largest absolute Gasteiger partial charge is 0.394 e. The van der Waals surface area contributed by atoms with E-state index in [1.807, 2.05) is 4.72 Å². The Morgan fingerprint density at radius 3 is 2.68 bits per heavy atom. The van der Waals surface area contributed by atoms with E-state index in [2.05, 4.69) is 4.74 Å². The van der Waals surface area contributed by atoms with E-state index < -0.39 is 38.3 Å². The minimum atomic E-state index is -4.23. The Kier molecular flexibility index (Phi) is 5.18. The predicted molar refractivity (Wildman–Crippen MR) is 63.8 cm³/mol. The Balaban J connectivity index is 2.92. The SMILES string of the molecule is COCC(O)CNS(=O)(=O)c1ccc(F)c(N)c1F. The molecule has 0 spiro atoms.